The van der Waals surface area contributed by atoms with E-state index in [4.69, 9.17) is 4.74 Å². The van der Waals surface area contributed by atoms with E-state index in [-0.39, 0.29) is 23.9 Å². The lowest BCUT2D eigenvalue weighted by atomic mass is 9.78. The molecule has 1 N–H and O–H groups in total. The number of hydrogen-bond donors (Lipinski definition) is 1. The second-order valence-electron chi connectivity index (χ2n) is 9.46. The summed E-state index contributed by atoms with van der Waals surface area (Å²) in [6, 6.07) is 25.4. The fraction of sp³-hybridized carbons (Fsp3) is 0.333. The molecule has 0 bridgehead atoms. The summed E-state index contributed by atoms with van der Waals surface area (Å²) in [6.45, 7) is 0.545. The molecule has 2 amide bonds. The third kappa shape index (κ3) is 4.68. The van der Waals surface area contributed by atoms with Crippen LogP contribution >= 0.6 is 0 Å². The van der Waals surface area contributed by atoms with Crippen molar-refractivity contribution in [2.24, 2.45) is 0 Å². The first-order valence-corrected chi connectivity index (χ1v) is 12.5. The van der Waals surface area contributed by atoms with Crippen molar-refractivity contribution in [3.8, 4) is 5.75 Å². The molecule has 5 rings (SSSR count). The van der Waals surface area contributed by atoms with Crippen LogP contribution < -0.4 is 10.1 Å². The monoisotopic (exact) mass is 468 g/mol. The molecule has 3 aromatic rings. The zero-order valence-electron chi connectivity index (χ0n) is 20.2. The zero-order valence-corrected chi connectivity index (χ0v) is 20.2. The van der Waals surface area contributed by atoms with Gasteiger partial charge >= 0.3 is 0 Å². The smallest absolute Gasteiger partial charge is 0.254 e. The Morgan fingerprint density at radius 3 is 2.49 bits per heavy atom. The number of amides is 2. The van der Waals surface area contributed by atoms with Crippen LogP contribution in [0.1, 0.15) is 64.7 Å². The standard InChI is InChI=1S/C30H32N2O3/c1-35-24-15-9-12-22(20-24)28-27(29(33)31-19-18-21-10-3-2-4-11-21)25-16-7-8-17-26(25)30(34)32(28)23-13-5-6-14-23/h2-4,7-12,15-17,20,23,27-28H,5-6,13-14,18-19H2,1H3,(H,31,33)/t27-,28+/m1/s1. The van der Waals surface area contributed by atoms with Gasteiger partial charge in [0.05, 0.1) is 19.1 Å². The fourth-order valence-corrected chi connectivity index (χ4v) is 5.68. The van der Waals surface area contributed by atoms with Crippen molar-refractivity contribution in [1.82, 2.24) is 10.2 Å². The van der Waals surface area contributed by atoms with Crippen molar-refractivity contribution in [2.75, 3.05) is 13.7 Å². The summed E-state index contributed by atoms with van der Waals surface area (Å²) in [7, 11) is 1.64. The SMILES string of the molecule is COc1cccc([C@H]2[C@H](C(=O)NCCc3ccccc3)c3ccccc3C(=O)N2C2CCCC2)c1. The van der Waals surface area contributed by atoms with Gasteiger partial charge in [-0.05, 0) is 54.2 Å². The van der Waals surface area contributed by atoms with Gasteiger partial charge in [0.1, 0.15) is 5.75 Å². The maximum Gasteiger partial charge on any atom is 0.254 e. The Balaban J connectivity index is 1.54. The molecular formula is C30H32N2O3. The van der Waals surface area contributed by atoms with Gasteiger partial charge in [-0.2, -0.15) is 0 Å². The Morgan fingerprint density at radius 2 is 1.71 bits per heavy atom. The minimum Gasteiger partial charge on any atom is -0.497 e. The highest BCUT2D eigenvalue weighted by Gasteiger charge is 2.46. The predicted molar refractivity (Wildman–Crippen MR) is 136 cm³/mol. The Kier molecular flexibility index (Phi) is 6.84. The van der Waals surface area contributed by atoms with E-state index < -0.39 is 5.92 Å². The number of rotatable bonds is 7. The molecule has 5 heteroatoms. The van der Waals surface area contributed by atoms with Crippen LogP contribution in [0.5, 0.6) is 5.75 Å². The van der Waals surface area contributed by atoms with Gasteiger partial charge in [0.25, 0.3) is 5.91 Å². The van der Waals surface area contributed by atoms with Gasteiger partial charge in [0.15, 0.2) is 0 Å². The van der Waals surface area contributed by atoms with Crippen molar-refractivity contribution in [3.05, 3.63) is 101 Å². The van der Waals surface area contributed by atoms with Crippen molar-refractivity contribution in [2.45, 2.75) is 50.1 Å². The number of hydrogen-bond acceptors (Lipinski definition) is 3. The predicted octanol–water partition coefficient (Wildman–Crippen LogP) is 5.28. The normalized spacial score (nSPS) is 19.9. The molecule has 35 heavy (non-hydrogen) atoms. The molecule has 3 aromatic carbocycles. The molecular weight excluding hydrogens is 436 g/mol. The van der Waals surface area contributed by atoms with Gasteiger partial charge in [-0.3, -0.25) is 9.59 Å². The van der Waals surface area contributed by atoms with Crippen molar-refractivity contribution in [1.29, 1.82) is 0 Å². The first kappa shape index (κ1) is 23.2. The molecule has 0 saturated heterocycles. The maximum atomic E-state index is 13.9. The highest BCUT2D eigenvalue weighted by atomic mass is 16.5. The van der Waals surface area contributed by atoms with Crippen LogP contribution in [0.2, 0.25) is 0 Å². The van der Waals surface area contributed by atoms with Gasteiger partial charge in [-0.25, -0.2) is 0 Å². The van der Waals surface area contributed by atoms with Crippen LogP contribution in [0.4, 0.5) is 0 Å². The molecule has 2 atom stereocenters. The third-order valence-electron chi connectivity index (χ3n) is 7.37. The first-order chi connectivity index (χ1) is 17.2. The minimum atomic E-state index is -0.493. The van der Waals surface area contributed by atoms with Crippen LogP contribution in [0, 0.1) is 0 Å². The lowest BCUT2D eigenvalue weighted by Crippen LogP contribution is -2.51. The number of methoxy groups -OCH3 is 1. The van der Waals surface area contributed by atoms with E-state index in [1.165, 1.54) is 5.56 Å². The Bertz CT molecular complexity index is 1190. The van der Waals surface area contributed by atoms with E-state index >= 15 is 0 Å². The Labute approximate surface area is 207 Å². The second-order valence-corrected chi connectivity index (χ2v) is 9.46. The average molecular weight is 469 g/mol. The Hall–Kier alpha value is -3.60. The number of nitrogens with one attached hydrogen (secondary N) is 1. The van der Waals surface area contributed by atoms with E-state index in [0.29, 0.717) is 12.1 Å². The van der Waals surface area contributed by atoms with Crippen molar-refractivity contribution >= 4 is 11.8 Å². The number of fused-ring (bicyclic) bond motifs is 1. The van der Waals surface area contributed by atoms with Gasteiger partial charge in [0.2, 0.25) is 5.91 Å². The van der Waals surface area contributed by atoms with Crippen LogP contribution in [0.15, 0.2) is 78.9 Å². The molecule has 0 unspecified atom stereocenters. The number of carbonyl (C=O) groups excluding carboxylic acids is 2. The largest absolute Gasteiger partial charge is 0.497 e. The Morgan fingerprint density at radius 1 is 0.971 bits per heavy atom. The van der Waals surface area contributed by atoms with E-state index in [1.807, 2.05) is 71.6 Å². The van der Waals surface area contributed by atoms with Crippen LogP contribution in [0.25, 0.3) is 0 Å². The first-order valence-electron chi connectivity index (χ1n) is 12.5. The highest BCUT2D eigenvalue weighted by molar-refractivity contribution is 6.01. The summed E-state index contributed by atoms with van der Waals surface area (Å²) < 4.78 is 5.51. The topological polar surface area (TPSA) is 58.6 Å². The van der Waals surface area contributed by atoms with E-state index in [0.717, 1.165) is 49.0 Å². The number of ether oxygens (including phenoxy) is 1. The summed E-state index contributed by atoms with van der Waals surface area (Å²) in [4.78, 5) is 29.8. The number of carbonyl (C=O) groups is 2. The molecule has 180 valence electrons. The molecule has 5 nitrogen and oxygen atoms in total. The number of nitrogens with zero attached hydrogens (tertiary/aromatic N) is 1. The summed E-state index contributed by atoms with van der Waals surface area (Å²) in [5.74, 6) is 0.209. The molecule has 1 saturated carbocycles. The molecule has 1 aliphatic carbocycles. The van der Waals surface area contributed by atoms with Gasteiger partial charge in [-0.15, -0.1) is 0 Å². The summed E-state index contributed by atoms with van der Waals surface area (Å²) in [6.07, 6.45) is 4.91. The maximum absolute atomic E-state index is 13.9. The van der Waals surface area contributed by atoms with Crippen LogP contribution in [0.3, 0.4) is 0 Å². The van der Waals surface area contributed by atoms with E-state index in [2.05, 4.69) is 17.4 Å². The lowest BCUT2D eigenvalue weighted by molar-refractivity contribution is -0.124. The minimum absolute atomic E-state index is 0.0219. The van der Waals surface area contributed by atoms with Crippen molar-refractivity contribution in [3.63, 3.8) is 0 Å². The lowest BCUT2D eigenvalue weighted by Gasteiger charge is -2.45. The third-order valence-corrected chi connectivity index (χ3v) is 7.37. The van der Waals surface area contributed by atoms with Gasteiger partial charge in [0, 0.05) is 18.2 Å². The zero-order chi connectivity index (χ0) is 24.2. The molecule has 0 radical (unpaired) electrons. The van der Waals surface area contributed by atoms with Gasteiger partial charge in [-0.1, -0.05) is 73.5 Å². The molecule has 1 fully saturated rings. The van der Waals surface area contributed by atoms with Crippen LogP contribution in [-0.4, -0.2) is 36.4 Å². The molecule has 1 heterocycles. The molecule has 0 spiro atoms. The molecule has 1 aliphatic heterocycles. The van der Waals surface area contributed by atoms with Crippen LogP contribution in [-0.2, 0) is 11.2 Å². The van der Waals surface area contributed by atoms with E-state index in [1.54, 1.807) is 7.11 Å². The number of benzene rings is 3. The highest BCUT2D eigenvalue weighted by Crippen LogP contribution is 2.46. The summed E-state index contributed by atoms with van der Waals surface area (Å²) >= 11 is 0. The summed E-state index contributed by atoms with van der Waals surface area (Å²) in [5.41, 5.74) is 3.56. The molecule has 2 aliphatic rings. The van der Waals surface area contributed by atoms with E-state index in [9.17, 15) is 9.59 Å². The second kappa shape index (κ2) is 10.3. The fourth-order valence-electron chi connectivity index (χ4n) is 5.68. The van der Waals surface area contributed by atoms with Gasteiger partial charge < -0.3 is 15.0 Å². The average Bonchev–Trinajstić information content (AvgIpc) is 3.43. The quantitative estimate of drug-likeness (QED) is 0.513. The molecule has 0 aromatic heterocycles. The summed E-state index contributed by atoms with van der Waals surface area (Å²) in [5, 5.41) is 3.19. The van der Waals surface area contributed by atoms with Crippen molar-refractivity contribution < 1.29 is 14.3 Å².